The Labute approximate surface area is 126 Å². The Hall–Kier alpha value is -0.450. The average molecular weight is 293 g/mol. The second kappa shape index (κ2) is 6.54. The molecule has 3 heterocycles. The first-order valence-electron chi connectivity index (χ1n) is 8.16. The monoisotopic (exact) mass is 293 g/mol. The molecule has 1 aromatic rings. The van der Waals surface area contributed by atoms with Gasteiger partial charge in [0.15, 0.2) is 0 Å². The van der Waals surface area contributed by atoms with Crippen LogP contribution in [0, 0.1) is 6.92 Å². The van der Waals surface area contributed by atoms with Gasteiger partial charge in [0.2, 0.25) is 0 Å². The number of fused-ring (bicyclic) bond motifs is 2. The molecule has 1 aromatic heterocycles. The second-order valence-electron chi connectivity index (χ2n) is 6.40. The van der Waals surface area contributed by atoms with E-state index in [9.17, 15) is 0 Å². The number of nitrogens with zero attached hydrogens (tertiary/aromatic N) is 2. The third kappa shape index (κ3) is 3.23. The van der Waals surface area contributed by atoms with E-state index in [1.807, 2.05) is 17.5 Å². The molecule has 20 heavy (non-hydrogen) atoms. The maximum Gasteiger partial charge on any atom is 0.107 e. The minimum absolute atomic E-state index is 0.750. The Morgan fingerprint density at radius 1 is 1.35 bits per heavy atom. The summed E-state index contributed by atoms with van der Waals surface area (Å²) < 4.78 is 0. The molecule has 2 bridgehead atoms. The number of hydrogen-bond acceptors (Lipinski definition) is 4. The lowest BCUT2D eigenvalue weighted by molar-refractivity contribution is 0.0177. The van der Waals surface area contributed by atoms with E-state index >= 15 is 0 Å². The number of aromatic nitrogens is 1. The van der Waals surface area contributed by atoms with Crippen LogP contribution in [0.25, 0.3) is 0 Å². The highest BCUT2D eigenvalue weighted by Crippen LogP contribution is 2.35. The van der Waals surface area contributed by atoms with Gasteiger partial charge in [-0.05, 0) is 45.6 Å². The normalized spacial score (nSPS) is 30.6. The molecule has 112 valence electrons. The highest BCUT2D eigenvalue weighted by atomic mass is 32.1. The molecule has 0 aliphatic carbocycles. The minimum atomic E-state index is 0.750. The van der Waals surface area contributed by atoms with Crippen LogP contribution in [0.3, 0.4) is 0 Å². The zero-order chi connectivity index (χ0) is 13.9. The Morgan fingerprint density at radius 2 is 2.10 bits per heavy atom. The molecule has 4 heteroatoms. The van der Waals surface area contributed by atoms with E-state index in [1.54, 1.807) is 0 Å². The lowest BCUT2D eigenvalue weighted by Crippen LogP contribution is -2.55. The first-order chi connectivity index (χ1) is 9.76. The number of aryl methyl sites for hydroxylation is 1. The van der Waals surface area contributed by atoms with Crippen molar-refractivity contribution in [2.45, 2.75) is 77.0 Å². The van der Waals surface area contributed by atoms with Gasteiger partial charge in [-0.1, -0.05) is 13.3 Å². The van der Waals surface area contributed by atoms with Crippen LogP contribution in [0.5, 0.6) is 0 Å². The van der Waals surface area contributed by atoms with E-state index in [0.717, 1.165) is 24.7 Å². The Kier molecular flexibility index (Phi) is 4.74. The van der Waals surface area contributed by atoms with Crippen molar-refractivity contribution in [1.29, 1.82) is 0 Å². The Balaban J connectivity index is 1.64. The van der Waals surface area contributed by atoms with E-state index in [-0.39, 0.29) is 0 Å². The molecule has 2 fully saturated rings. The van der Waals surface area contributed by atoms with Gasteiger partial charge >= 0.3 is 0 Å². The molecule has 2 aliphatic heterocycles. The molecule has 0 amide bonds. The highest BCUT2D eigenvalue weighted by molar-refractivity contribution is 7.11. The van der Waals surface area contributed by atoms with Crippen molar-refractivity contribution >= 4 is 11.3 Å². The first-order valence-corrected chi connectivity index (χ1v) is 8.98. The topological polar surface area (TPSA) is 28.2 Å². The van der Waals surface area contributed by atoms with Crippen molar-refractivity contribution in [3.05, 3.63) is 16.1 Å². The van der Waals surface area contributed by atoms with E-state index in [1.165, 1.54) is 55.0 Å². The molecule has 0 aromatic carbocycles. The Bertz CT molecular complexity index is 417. The van der Waals surface area contributed by atoms with Crippen molar-refractivity contribution in [2.24, 2.45) is 0 Å². The summed E-state index contributed by atoms with van der Waals surface area (Å²) in [7, 11) is 0. The third-order valence-corrected chi connectivity index (χ3v) is 5.69. The van der Waals surface area contributed by atoms with Gasteiger partial charge < -0.3 is 5.32 Å². The molecular weight excluding hydrogens is 266 g/mol. The summed E-state index contributed by atoms with van der Waals surface area (Å²) in [6.07, 6.45) is 10.1. The van der Waals surface area contributed by atoms with Crippen LogP contribution in [0.15, 0.2) is 6.20 Å². The van der Waals surface area contributed by atoms with Gasteiger partial charge in [-0.15, -0.1) is 11.3 Å². The molecule has 3 rings (SSSR count). The summed E-state index contributed by atoms with van der Waals surface area (Å²) in [5, 5.41) is 5.05. The lowest BCUT2D eigenvalue weighted by Gasteiger charge is -2.49. The molecule has 3 nitrogen and oxygen atoms in total. The van der Waals surface area contributed by atoms with Gasteiger partial charge in [-0.25, -0.2) is 4.98 Å². The maximum absolute atomic E-state index is 4.57. The fourth-order valence-corrected chi connectivity index (χ4v) is 4.68. The summed E-state index contributed by atoms with van der Waals surface area (Å²) in [5.74, 6) is 0. The molecular formula is C16H27N3S. The second-order valence-corrected chi connectivity index (χ2v) is 7.72. The van der Waals surface area contributed by atoms with Gasteiger partial charge in [-0.3, -0.25) is 4.90 Å². The molecule has 0 saturated carbocycles. The van der Waals surface area contributed by atoms with E-state index in [2.05, 4.69) is 29.0 Å². The summed E-state index contributed by atoms with van der Waals surface area (Å²) in [6.45, 7) is 6.67. The number of nitrogens with one attached hydrogen (secondary N) is 1. The molecule has 2 unspecified atom stereocenters. The fourth-order valence-electron chi connectivity index (χ4n) is 3.88. The maximum atomic E-state index is 4.57. The first kappa shape index (κ1) is 14.5. The molecule has 0 spiro atoms. The number of thiazole rings is 1. The molecule has 1 N–H and O–H groups in total. The zero-order valence-corrected chi connectivity index (χ0v) is 13.6. The van der Waals surface area contributed by atoms with E-state index in [4.69, 9.17) is 0 Å². The SMILES string of the molecule is CCCNC1CC2CCCC(C1)N2Cc1ncc(C)s1. The number of piperidine rings is 2. The third-order valence-electron chi connectivity index (χ3n) is 4.80. The van der Waals surface area contributed by atoms with Gasteiger partial charge in [0.25, 0.3) is 0 Å². The highest BCUT2D eigenvalue weighted by Gasteiger charge is 2.38. The van der Waals surface area contributed by atoms with E-state index < -0.39 is 0 Å². The quantitative estimate of drug-likeness (QED) is 0.902. The van der Waals surface area contributed by atoms with Crippen molar-refractivity contribution < 1.29 is 0 Å². The standard InChI is InChI=1S/C16H27N3S/c1-3-7-17-13-8-14-5-4-6-15(9-13)19(14)11-16-18-10-12(2)20-16/h10,13-15,17H,3-9,11H2,1-2H3. The van der Waals surface area contributed by atoms with Gasteiger partial charge in [0.05, 0.1) is 6.54 Å². The van der Waals surface area contributed by atoms with Crippen molar-refractivity contribution in [1.82, 2.24) is 15.2 Å². The largest absolute Gasteiger partial charge is 0.314 e. The molecule has 2 saturated heterocycles. The Morgan fingerprint density at radius 3 is 2.70 bits per heavy atom. The number of rotatable bonds is 5. The lowest BCUT2D eigenvalue weighted by atomic mass is 9.81. The van der Waals surface area contributed by atoms with Crippen LogP contribution in [-0.2, 0) is 6.54 Å². The summed E-state index contributed by atoms with van der Waals surface area (Å²) in [6, 6.07) is 2.31. The predicted octanol–water partition coefficient (Wildman–Crippen LogP) is 3.34. The van der Waals surface area contributed by atoms with Gasteiger partial charge in [0, 0.05) is 29.2 Å². The van der Waals surface area contributed by atoms with Crippen LogP contribution in [0.1, 0.15) is 55.3 Å². The minimum Gasteiger partial charge on any atom is -0.314 e. The van der Waals surface area contributed by atoms with Crippen molar-refractivity contribution in [3.63, 3.8) is 0 Å². The summed E-state index contributed by atoms with van der Waals surface area (Å²) >= 11 is 1.87. The fraction of sp³-hybridized carbons (Fsp3) is 0.812. The molecule has 2 aliphatic rings. The van der Waals surface area contributed by atoms with Gasteiger partial charge in [-0.2, -0.15) is 0 Å². The van der Waals surface area contributed by atoms with Crippen LogP contribution in [0.4, 0.5) is 0 Å². The summed E-state index contributed by atoms with van der Waals surface area (Å²) in [5.41, 5.74) is 0. The molecule has 2 atom stereocenters. The van der Waals surface area contributed by atoms with Crippen LogP contribution in [-0.4, -0.2) is 34.6 Å². The van der Waals surface area contributed by atoms with E-state index in [0.29, 0.717) is 0 Å². The average Bonchev–Trinajstić information content (AvgIpc) is 2.82. The van der Waals surface area contributed by atoms with Crippen LogP contribution in [0.2, 0.25) is 0 Å². The van der Waals surface area contributed by atoms with Crippen LogP contribution >= 0.6 is 11.3 Å². The molecule has 0 radical (unpaired) electrons. The van der Waals surface area contributed by atoms with Crippen molar-refractivity contribution in [2.75, 3.05) is 6.54 Å². The summed E-state index contributed by atoms with van der Waals surface area (Å²) in [4.78, 5) is 8.66. The zero-order valence-electron chi connectivity index (χ0n) is 12.8. The van der Waals surface area contributed by atoms with Crippen molar-refractivity contribution in [3.8, 4) is 0 Å². The van der Waals surface area contributed by atoms with Gasteiger partial charge in [0.1, 0.15) is 5.01 Å². The van der Waals surface area contributed by atoms with Crippen LogP contribution < -0.4 is 5.32 Å². The predicted molar refractivity (Wildman–Crippen MR) is 85.1 cm³/mol. The smallest absolute Gasteiger partial charge is 0.107 e. The number of hydrogen-bond donors (Lipinski definition) is 1.